The molecule has 1 saturated carbocycles. The Morgan fingerprint density at radius 2 is 2.00 bits per heavy atom. The van der Waals surface area contributed by atoms with Gasteiger partial charge in [0.1, 0.15) is 6.04 Å². The molecular formula is C15H22N2S. The highest BCUT2D eigenvalue weighted by atomic mass is 32.1. The Labute approximate surface area is 114 Å². The van der Waals surface area contributed by atoms with Crippen LogP contribution in [0.5, 0.6) is 0 Å². The molecule has 18 heavy (non-hydrogen) atoms. The van der Waals surface area contributed by atoms with Crippen molar-refractivity contribution in [2.75, 3.05) is 0 Å². The zero-order valence-corrected chi connectivity index (χ0v) is 12.3. The number of hydrogen-bond acceptors (Lipinski definition) is 3. The maximum atomic E-state index is 9.35. The number of nitriles is 1. The summed E-state index contributed by atoms with van der Waals surface area (Å²) in [6, 6.07) is 7.10. The average molecular weight is 262 g/mol. The number of rotatable bonds is 3. The summed E-state index contributed by atoms with van der Waals surface area (Å²) in [5.74, 6) is 0. The molecule has 1 atom stereocenters. The molecule has 1 aliphatic rings. The van der Waals surface area contributed by atoms with Gasteiger partial charge < -0.3 is 0 Å². The Morgan fingerprint density at radius 3 is 2.50 bits per heavy atom. The Balaban J connectivity index is 2.08. The molecule has 1 heterocycles. The number of thiophene rings is 1. The molecule has 0 amide bonds. The Kier molecular flexibility index (Phi) is 4.09. The molecule has 1 N–H and O–H groups in total. The van der Waals surface area contributed by atoms with Crippen LogP contribution >= 0.6 is 11.3 Å². The van der Waals surface area contributed by atoms with E-state index in [9.17, 15) is 5.26 Å². The fraction of sp³-hybridized carbons (Fsp3) is 0.667. The summed E-state index contributed by atoms with van der Waals surface area (Å²) in [4.78, 5) is 2.51. The molecule has 2 rings (SSSR count). The van der Waals surface area contributed by atoms with Gasteiger partial charge in [-0.05, 0) is 30.4 Å². The van der Waals surface area contributed by atoms with Gasteiger partial charge in [0.05, 0.1) is 6.07 Å². The van der Waals surface area contributed by atoms with Crippen LogP contribution in [-0.4, -0.2) is 6.04 Å². The minimum Gasteiger partial charge on any atom is -0.295 e. The van der Waals surface area contributed by atoms with Gasteiger partial charge in [0, 0.05) is 15.8 Å². The lowest BCUT2D eigenvalue weighted by Crippen LogP contribution is -2.29. The molecule has 2 nitrogen and oxygen atoms in total. The Morgan fingerprint density at radius 1 is 1.33 bits per heavy atom. The van der Waals surface area contributed by atoms with Crippen molar-refractivity contribution < 1.29 is 0 Å². The fourth-order valence-electron chi connectivity index (χ4n) is 2.42. The van der Waals surface area contributed by atoms with Crippen LogP contribution in [0.1, 0.15) is 62.3 Å². The van der Waals surface area contributed by atoms with E-state index in [1.165, 1.54) is 30.6 Å². The first kappa shape index (κ1) is 13.6. The van der Waals surface area contributed by atoms with Crippen molar-refractivity contribution in [3.63, 3.8) is 0 Å². The first-order valence-electron chi connectivity index (χ1n) is 6.76. The lowest BCUT2D eigenvalue weighted by atomic mass is 9.95. The van der Waals surface area contributed by atoms with E-state index in [0.29, 0.717) is 6.04 Å². The van der Waals surface area contributed by atoms with E-state index in [4.69, 9.17) is 0 Å². The fourth-order valence-corrected chi connectivity index (χ4v) is 3.49. The quantitative estimate of drug-likeness (QED) is 0.888. The second kappa shape index (κ2) is 5.42. The van der Waals surface area contributed by atoms with E-state index in [1.54, 1.807) is 11.3 Å². The first-order valence-corrected chi connectivity index (χ1v) is 7.58. The van der Waals surface area contributed by atoms with E-state index in [0.717, 1.165) is 4.88 Å². The van der Waals surface area contributed by atoms with Crippen LogP contribution in [0.25, 0.3) is 0 Å². The van der Waals surface area contributed by atoms with Crippen molar-refractivity contribution >= 4 is 11.3 Å². The van der Waals surface area contributed by atoms with Gasteiger partial charge in [-0.3, -0.25) is 5.32 Å². The smallest absolute Gasteiger partial charge is 0.130 e. The second-order valence-electron chi connectivity index (χ2n) is 6.16. The van der Waals surface area contributed by atoms with Gasteiger partial charge >= 0.3 is 0 Å². The van der Waals surface area contributed by atoms with E-state index in [1.807, 2.05) is 0 Å². The molecular weight excluding hydrogens is 240 g/mol. The summed E-state index contributed by atoms with van der Waals surface area (Å²) in [6.45, 7) is 6.65. The van der Waals surface area contributed by atoms with E-state index >= 15 is 0 Å². The highest BCUT2D eigenvalue weighted by Crippen LogP contribution is 2.33. The van der Waals surface area contributed by atoms with Gasteiger partial charge in [0.2, 0.25) is 0 Å². The summed E-state index contributed by atoms with van der Waals surface area (Å²) in [5.41, 5.74) is 0.177. The van der Waals surface area contributed by atoms with Crippen molar-refractivity contribution in [3.05, 3.63) is 21.9 Å². The predicted octanol–water partition coefficient (Wildman–Crippen LogP) is 4.14. The summed E-state index contributed by atoms with van der Waals surface area (Å²) in [5, 5.41) is 12.8. The Bertz CT molecular complexity index is 430. The van der Waals surface area contributed by atoms with Crippen LogP contribution in [0.3, 0.4) is 0 Å². The van der Waals surface area contributed by atoms with Crippen molar-refractivity contribution in [1.82, 2.24) is 5.32 Å². The summed E-state index contributed by atoms with van der Waals surface area (Å²) in [7, 11) is 0. The molecule has 98 valence electrons. The molecule has 3 heteroatoms. The molecule has 0 spiro atoms. The predicted molar refractivity (Wildman–Crippen MR) is 76.8 cm³/mol. The third-order valence-electron chi connectivity index (χ3n) is 3.54. The molecule has 0 aliphatic heterocycles. The van der Waals surface area contributed by atoms with Crippen molar-refractivity contribution in [1.29, 1.82) is 5.26 Å². The van der Waals surface area contributed by atoms with Crippen LogP contribution in [0.4, 0.5) is 0 Å². The van der Waals surface area contributed by atoms with Gasteiger partial charge in [-0.15, -0.1) is 11.3 Å². The molecule has 1 aromatic rings. The lowest BCUT2D eigenvalue weighted by Gasteiger charge is -2.17. The van der Waals surface area contributed by atoms with Crippen LogP contribution in [0.15, 0.2) is 12.1 Å². The van der Waals surface area contributed by atoms with Crippen LogP contribution in [0.2, 0.25) is 0 Å². The number of hydrogen-bond donors (Lipinski definition) is 1. The largest absolute Gasteiger partial charge is 0.295 e. The summed E-state index contributed by atoms with van der Waals surface area (Å²) < 4.78 is 0. The zero-order valence-electron chi connectivity index (χ0n) is 11.5. The van der Waals surface area contributed by atoms with E-state index < -0.39 is 0 Å². The van der Waals surface area contributed by atoms with Crippen LogP contribution in [0, 0.1) is 11.3 Å². The standard InChI is InChI=1S/C15H22N2S/c1-15(2,3)14-9-8-13(18-14)12(10-16)17-11-6-4-5-7-11/h8-9,11-12,17H,4-7H2,1-3H3. The topological polar surface area (TPSA) is 35.8 Å². The highest BCUT2D eigenvalue weighted by molar-refractivity contribution is 7.12. The molecule has 1 aromatic heterocycles. The zero-order chi connectivity index (χ0) is 13.2. The second-order valence-corrected chi connectivity index (χ2v) is 7.28. The van der Waals surface area contributed by atoms with Gasteiger partial charge in [-0.1, -0.05) is 33.6 Å². The molecule has 0 saturated heterocycles. The molecule has 0 aromatic carbocycles. The molecule has 1 unspecified atom stereocenters. The molecule has 1 aliphatic carbocycles. The normalized spacial score (nSPS) is 18.8. The van der Waals surface area contributed by atoms with Crippen LogP contribution in [-0.2, 0) is 5.41 Å². The number of nitrogens with one attached hydrogen (secondary N) is 1. The third kappa shape index (κ3) is 3.13. The maximum absolute atomic E-state index is 9.35. The van der Waals surface area contributed by atoms with Crippen LogP contribution < -0.4 is 5.32 Å². The average Bonchev–Trinajstić information content (AvgIpc) is 2.95. The maximum Gasteiger partial charge on any atom is 0.130 e. The van der Waals surface area contributed by atoms with E-state index in [-0.39, 0.29) is 11.5 Å². The van der Waals surface area contributed by atoms with Crippen molar-refractivity contribution in [2.45, 2.75) is 64.0 Å². The van der Waals surface area contributed by atoms with Gasteiger partial charge in [-0.25, -0.2) is 0 Å². The van der Waals surface area contributed by atoms with Gasteiger partial charge in [0.15, 0.2) is 0 Å². The minimum atomic E-state index is -0.130. The highest BCUT2D eigenvalue weighted by Gasteiger charge is 2.23. The molecule has 0 radical (unpaired) electrons. The van der Waals surface area contributed by atoms with Crippen molar-refractivity contribution in [2.24, 2.45) is 0 Å². The number of nitrogens with zero attached hydrogens (tertiary/aromatic N) is 1. The first-order chi connectivity index (χ1) is 8.50. The summed E-state index contributed by atoms with van der Waals surface area (Å²) >= 11 is 1.77. The molecule has 0 bridgehead atoms. The SMILES string of the molecule is CC(C)(C)c1ccc(C(C#N)NC2CCCC2)s1. The van der Waals surface area contributed by atoms with Gasteiger partial charge in [0.25, 0.3) is 0 Å². The Hall–Kier alpha value is -0.850. The van der Waals surface area contributed by atoms with E-state index in [2.05, 4.69) is 44.3 Å². The third-order valence-corrected chi connectivity index (χ3v) is 5.11. The monoisotopic (exact) mass is 262 g/mol. The molecule has 1 fully saturated rings. The summed E-state index contributed by atoms with van der Waals surface area (Å²) in [6.07, 6.45) is 5.03. The van der Waals surface area contributed by atoms with Crippen molar-refractivity contribution in [3.8, 4) is 6.07 Å². The van der Waals surface area contributed by atoms with Gasteiger partial charge in [-0.2, -0.15) is 5.26 Å². The minimum absolute atomic E-state index is 0.130. The lowest BCUT2D eigenvalue weighted by molar-refractivity contribution is 0.496.